The molecular formula is C11H10N2O. The SMILES string of the molecule is Cc1ccc2c(N=O)c(N)ccc2c1. The fourth-order valence-electron chi connectivity index (χ4n) is 1.55. The number of nitrogen functional groups attached to an aromatic ring is 1. The largest absolute Gasteiger partial charge is 0.397 e. The van der Waals surface area contributed by atoms with Crippen LogP contribution in [0.1, 0.15) is 5.56 Å². The van der Waals surface area contributed by atoms with Gasteiger partial charge in [0.1, 0.15) is 5.69 Å². The van der Waals surface area contributed by atoms with E-state index in [-0.39, 0.29) is 0 Å². The van der Waals surface area contributed by atoms with Crippen LogP contribution in [0.15, 0.2) is 35.5 Å². The molecule has 2 N–H and O–H groups in total. The number of hydrogen-bond acceptors (Lipinski definition) is 3. The highest BCUT2D eigenvalue weighted by Crippen LogP contribution is 2.32. The number of fused-ring (bicyclic) bond motifs is 1. The average Bonchev–Trinajstić information content (AvgIpc) is 2.18. The van der Waals surface area contributed by atoms with Crippen LogP contribution in [0.2, 0.25) is 0 Å². The minimum absolute atomic E-state index is 0.336. The van der Waals surface area contributed by atoms with Crippen molar-refractivity contribution in [3.8, 4) is 0 Å². The van der Waals surface area contributed by atoms with Crippen molar-refractivity contribution in [3.63, 3.8) is 0 Å². The normalized spacial score (nSPS) is 10.4. The summed E-state index contributed by atoms with van der Waals surface area (Å²) in [7, 11) is 0. The van der Waals surface area contributed by atoms with E-state index < -0.39 is 0 Å². The monoisotopic (exact) mass is 186 g/mol. The van der Waals surface area contributed by atoms with Crippen LogP contribution < -0.4 is 5.73 Å². The van der Waals surface area contributed by atoms with E-state index in [0.29, 0.717) is 11.4 Å². The molecule has 0 amide bonds. The van der Waals surface area contributed by atoms with E-state index >= 15 is 0 Å². The summed E-state index contributed by atoms with van der Waals surface area (Å²) in [5.41, 5.74) is 7.56. The zero-order chi connectivity index (χ0) is 10.1. The highest BCUT2D eigenvalue weighted by atomic mass is 16.3. The lowest BCUT2D eigenvalue weighted by Crippen LogP contribution is -1.86. The molecule has 0 heterocycles. The van der Waals surface area contributed by atoms with Crippen molar-refractivity contribution in [2.24, 2.45) is 5.18 Å². The fourth-order valence-corrected chi connectivity index (χ4v) is 1.55. The van der Waals surface area contributed by atoms with Crippen LogP contribution >= 0.6 is 0 Å². The van der Waals surface area contributed by atoms with E-state index in [1.807, 2.05) is 31.2 Å². The van der Waals surface area contributed by atoms with Crippen molar-refractivity contribution in [1.82, 2.24) is 0 Å². The molecule has 0 saturated heterocycles. The first kappa shape index (κ1) is 8.69. The molecule has 3 heteroatoms. The van der Waals surface area contributed by atoms with Gasteiger partial charge in [-0.05, 0) is 23.6 Å². The van der Waals surface area contributed by atoms with Gasteiger partial charge in [0.15, 0.2) is 0 Å². The minimum Gasteiger partial charge on any atom is -0.397 e. The lowest BCUT2D eigenvalue weighted by Gasteiger charge is -2.03. The lowest BCUT2D eigenvalue weighted by atomic mass is 10.1. The summed E-state index contributed by atoms with van der Waals surface area (Å²) in [5, 5.41) is 4.76. The number of nitrogens with zero attached hydrogens (tertiary/aromatic N) is 1. The van der Waals surface area contributed by atoms with E-state index in [0.717, 1.165) is 16.3 Å². The van der Waals surface area contributed by atoms with Crippen LogP contribution in [-0.4, -0.2) is 0 Å². The Bertz CT molecular complexity index is 506. The molecule has 0 aliphatic rings. The van der Waals surface area contributed by atoms with Gasteiger partial charge in [-0.15, -0.1) is 4.91 Å². The smallest absolute Gasteiger partial charge is 0.138 e. The Balaban J connectivity index is 2.88. The Morgan fingerprint density at radius 2 is 2.00 bits per heavy atom. The molecule has 2 rings (SSSR count). The number of anilines is 1. The molecule has 14 heavy (non-hydrogen) atoms. The summed E-state index contributed by atoms with van der Waals surface area (Å²) in [6, 6.07) is 9.42. The quantitative estimate of drug-likeness (QED) is 0.549. The number of benzene rings is 2. The first-order chi connectivity index (χ1) is 6.72. The van der Waals surface area contributed by atoms with Crippen LogP contribution in [0.25, 0.3) is 10.8 Å². The molecule has 0 spiro atoms. The topological polar surface area (TPSA) is 55.5 Å². The molecule has 2 aromatic carbocycles. The Morgan fingerprint density at radius 3 is 2.71 bits per heavy atom. The van der Waals surface area contributed by atoms with E-state index in [2.05, 4.69) is 5.18 Å². The molecule has 0 saturated carbocycles. The third-order valence-corrected chi connectivity index (χ3v) is 2.27. The van der Waals surface area contributed by atoms with Gasteiger partial charge in [0, 0.05) is 5.39 Å². The van der Waals surface area contributed by atoms with Gasteiger partial charge in [0.25, 0.3) is 0 Å². The number of nitroso groups, excluding NO2 is 1. The van der Waals surface area contributed by atoms with Gasteiger partial charge in [-0.1, -0.05) is 29.8 Å². The van der Waals surface area contributed by atoms with Crippen molar-refractivity contribution in [3.05, 3.63) is 40.8 Å². The van der Waals surface area contributed by atoms with Gasteiger partial charge in [0.2, 0.25) is 0 Å². The number of aryl methyl sites for hydroxylation is 1. The maximum Gasteiger partial charge on any atom is 0.138 e. The number of rotatable bonds is 1. The minimum atomic E-state index is 0.336. The molecule has 0 aromatic heterocycles. The highest BCUT2D eigenvalue weighted by molar-refractivity contribution is 5.98. The number of hydrogen-bond donors (Lipinski definition) is 1. The second-order valence-corrected chi connectivity index (χ2v) is 3.32. The summed E-state index contributed by atoms with van der Waals surface area (Å²) in [5.74, 6) is 0. The maximum absolute atomic E-state index is 10.6. The third-order valence-electron chi connectivity index (χ3n) is 2.27. The molecule has 2 aromatic rings. The van der Waals surface area contributed by atoms with Gasteiger partial charge < -0.3 is 5.73 Å². The summed E-state index contributed by atoms with van der Waals surface area (Å²) < 4.78 is 0. The van der Waals surface area contributed by atoms with Crippen molar-refractivity contribution in [2.75, 3.05) is 5.73 Å². The van der Waals surface area contributed by atoms with Gasteiger partial charge in [0.05, 0.1) is 5.69 Å². The van der Waals surface area contributed by atoms with Gasteiger partial charge in [-0.2, -0.15) is 0 Å². The first-order valence-corrected chi connectivity index (χ1v) is 4.34. The van der Waals surface area contributed by atoms with E-state index in [1.165, 1.54) is 0 Å². The molecule has 0 aliphatic carbocycles. The van der Waals surface area contributed by atoms with E-state index in [4.69, 9.17) is 5.73 Å². The molecule has 0 bridgehead atoms. The Labute approximate surface area is 81.5 Å². The predicted molar refractivity (Wildman–Crippen MR) is 58.6 cm³/mol. The Hall–Kier alpha value is -1.90. The second-order valence-electron chi connectivity index (χ2n) is 3.32. The van der Waals surface area contributed by atoms with Gasteiger partial charge in [-0.3, -0.25) is 0 Å². The van der Waals surface area contributed by atoms with E-state index in [9.17, 15) is 4.91 Å². The molecule has 70 valence electrons. The van der Waals surface area contributed by atoms with Crippen molar-refractivity contribution in [1.29, 1.82) is 0 Å². The van der Waals surface area contributed by atoms with Gasteiger partial charge in [-0.25, -0.2) is 0 Å². The van der Waals surface area contributed by atoms with E-state index in [1.54, 1.807) is 6.07 Å². The zero-order valence-electron chi connectivity index (χ0n) is 7.82. The van der Waals surface area contributed by atoms with Crippen molar-refractivity contribution < 1.29 is 0 Å². The molecule has 0 unspecified atom stereocenters. The van der Waals surface area contributed by atoms with Gasteiger partial charge >= 0.3 is 0 Å². The van der Waals surface area contributed by atoms with Crippen LogP contribution in [0.4, 0.5) is 11.4 Å². The van der Waals surface area contributed by atoms with Crippen LogP contribution in [0.5, 0.6) is 0 Å². The van der Waals surface area contributed by atoms with Crippen molar-refractivity contribution in [2.45, 2.75) is 6.92 Å². The Kier molecular flexibility index (Phi) is 1.93. The lowest BCUT2D eigenvalue weighted by molar-refractivity contribution is 1.48. The predicted octanol–water partition coefficient (Wildman–Crippen LogP) is 3.13. The molecule has 0 atom stereocenters. The highest BCUT2D eigenvalue weighted by Gasteiger charge is 2.05. The summed E-state index contributed by atoms with van der Waals surface area (Å²) in [6.07, 6.45) is 0. The summed E-state index contributed by atoms with van der Waals surface area (Å²) in [6.45, 7) is 2.00. The Morgan fingerprint density at radius 1 is 1.21 bits per heavy atom. The maximum atomic E-state index is 10.6. The first-order valence-electron chi connectivity index (χ1n) is 4.34. The molecule has 0 aliphatic heterocycles. The fraction of sp³-hybridized carbons (Fsp3) is 0.0909. The van der Waals surface area contributed by atoms with Crippen LogP contribution in [-0.2, 0) is 0 Å². The zero-order valence-corrected chi connectivity index (χ0v) is 7.82. The van der Waals surface area contributed by atoms with Crippen LogP contribution in [0, 0.1) is 11.8 Å². The molecular weight excluding hydrogens is 176 g/mol. The average molecular weight is 186 g/mol. The molecule has 3 nitrogen and oxygen atoms in total. The van der Waals surface area contributed by atoms with Crippen molar-refractivity contribution >= 4 is 22.1 Å². The molecule has 0 radical (unpaired) electrons. The third kappa shape index (κ3) is 1.23. The molecule has 0 fully saturated rings. The van der Waals surface area contributed by atoms with Crippen LogP contribution in [0.3, 0.4) is 0 Å². The number of nitrogens with two attached hydrogens (primary N) is 1. The summed E-state index contributed by atoms with van der Waals surface area (Å²) in [4.78, 5) is 10.6. The standard InChI is InChI=1S/C11H10N2O/c1-7-2-4-9-8(6-7)3-5-10(12)11(9)13-14/h2-6H,12H2,1H3. The second kappa shape index (κ2) is 3.10. The summed E-state index contributed by atoms with van der Waals surface area (Å²) >= 11 is 0.